The second-order valence-electron chi connectivity index (χ2n) is 7.86. The number of rotatable bonds is 4. The molecule has 3 aromatic carbocycles. The zero-order valence-corrected chi connectivity index (χ0v) is 16.2. The van der Waals surface area contributed by atoms with Gasteiger partial charge in [0, 0.05) is 11.0 Å². The molecule has 5 rings (SSSR count). The molecule has 0 saturated heterocycles. The molecule has 0 spiro atoms. The van der Waals surface area contributed by atoms with E-state index in [1.165, 1.54) is 16.7 Å². The third-order valence-electron chi connectivity index (χ3n) is 6.06. The molecule has 140 valence electrons. The molecule has 0 N–H and O–H groups in total. The third kappa shape index (κ3) is 3.09. The monoisotopic (exact) mass is 374 g/mol. The van der Waals surface area contributed by atoms with Crippen LogP contribution >= 0.6 is 0 Å². The molecule has 1 nitrogen and oxygen atoms in total. The zero-order chi connectivity index (χ0) is 19.7. The molecule has 0 bridgehead atoms. The van der Waals surface area contributed by atoms with Crippen LogP contribution in [0.2, 0.25) is 0 Å². The predicted octanol–water partition coefficient (Wildman–Crippen LogP) is 5.87. The second-order valence-corrected chi connectivity index (χ2v) is 7.86. The highest BCUT2D eigenvalue weighted by Gasteiger charge is 2.43. The molecule has 0 saturated carbocycles. The lowest BCUT2D eigenvalue weighted by atomic mass is 9.60. The Morgan fingerprint density at radius 2 is 1.28 bits per heavy atom. The van der Waals surface area contributed by atoms with Gasteiger partial charge in [-0.05, 0) is 52.8 Å². The highest BCUT2D eigenvalue weighted by molar-refractivity contribution is 6.13. The van der Waals surface area contributed by atoms with Gasteiger partial charge in [0.1, 0.15) is 0 Å². The van der Waals surface area contributed by atoms with Crippen molar-refractivity contribution in [3.63, 3.8) is 0 Å². The van der Waals surface area contributed by atoms with E-state index in [0.29, 0.717) is 0 Å². The largest absolute Gasteiger partial charge is 0.289 e. The van der Waals surface area contributed by atoms with Crippen LogP contribution in [0.3, 0.4) is 0 Å². The van der Waals surface area contributed by atoms with Gasteiger partial charge in [-0.2, -0.15) is 0 Å². The van der Waals surface area contributed by atoms with Gasteiger partial charge in [-0.25, -0.2) is 0 Å². The van der Waals surface area contributed by atoms with Crippen LogP contribution in [0.15, 0.2) is 114 Å². The minimum Gasteiger partial charge on any atom is -0.289 e. The summed E-state index contributed by atoms with van der Waals surface area (Å²) < 4.78 is 0. The van der Waals surface area contributed by atoms with Crippen LogP contribution in [0.1, 0.15) is 22.3 Å². The van der Waals surface area contributed by atoms with Crippen molar-refractivity contribution in [2.75, 3.05) is 0 Å². The van der Waals surface area contributed by atoms with Crippen LogP contribution in [-0.2, 0) is 23.1 Å². The summed E-state index contributed by atoms with van der Waals surface area (Å²) in [6, 6.07) is 29.8. The average molecular weight is 374 g/mol. The van der Waals surface area contributed by atoms with E-state index >= 15 is 0 Å². The van der Waals surface area contributed by atoms with E-state index in [0.717, 1.165) is 29.6 Å². The first-order chi connectivity index (χ1) is 14.3. The molecule has 0 heterocycles. The van der Waals surface area contributed by atoms with Gasteiger partial charge in [0.2, 0.25) is 0 Å². The second kappa shape index (κ2) is 7.18. The molecular weight excluding hydrogens is 352 g/mol. The third-order valence-corrected chi connectivity index (χ3v) is 6.06. The standard InChI is InChI=1S/C28H22O/c29-27-17-9-16-26-24(27)18-23-14-7-8-15-25(23)28(26,19-21-10-3-1-4-11-21)20-22-12-5-2-6-13-22/h1-18H,19-20H2. The number of ketones is 1. The number of fused-ring (bicyclic) bond motifs is 2. The van der Waals surface area contributed by atoms with E-state index in [1.807, 2.05) is 6.08 Å². The van der Waals surface area contributed by atoms with Gasteiger partial charge in [0.15, 0.2) is 5.78 Å². The summed E-state index contributed by atoms with van der Waals surface area (Å²) in [4.78, 5) is 12.8. The van der Waals surface area contributed by atoms with Crippen molar-refractivity contribution in [3.05, 3.63) is 137 Å². The molecule has 1 heteroatoms. The van der Waals surface area contributed by atoms with Crippen molar-refractivity contribution in [1.82, 2.24) is 0 Å². The van der Waals surface area contributed by atoms with E-state index in [-0.39, 0.29) is 11.2 Å². The average Bonchev–Trinajstić information content (AvgIpc) is 2.76. The van der Waals surface area contributed by atoms with E-state index < -0.39 is 0 Å². The van der Waals surface area contributed by atoms with Gasteiger partial charge in [-0.3, -0.25) is 4.79 Å². The Morgan fingerprint density at radius 3 is 1.93 bits per heavy atom. The van der Waals surface area contributed by atoms with Crippen LogP contribution in [0.5, 0.6) is 0 Å². The topological polar surface area (TPSA) is 17.1 Å². The first-order valence-corrected chi connectivity index (χ1v) is 10.1. The summed E-state index contributed by atoms with van der Waals surface area (Å²) in [6.45, 7) is 0. The minimum absolute atomic E-state index is 0.0995. The summed E-state index contributed by atoms with van der Waals surface area (Å²) in [6.07, 6.45) is 9.51. The molecular formula is C28H22O. The summed E-state index contributed by atoms with van der Waals surface area (Å²) in [5.74, 6) is 0.0995. The van der Waals surface area contributed by atoms with Gasteiger partial charge in [-0.15, -0.1) is 0 Å². The molecule has 0 atom stereocenters. The molecule has 0 fully saturated rings. The molecule has 2 aliphatic carbocycles. The maximum Gasteiger partial charge on any atom is 0.186 e. The van der Waals surface area contributed by atoms with E-state index in [1.54, 1.807) is 6.08 Å². The van der Waals surface area contributed by atoms with E-state index in [4.69, 9.17) is 0 Å². The molecule has 3 aromatic rings. The predicted molar refractivity (Wildman–Crippen MR) is 119 cm³/mol. The Hall–Kier alpha value is -3.45. The van der Waals surface area contributed by atoms with Crippen LogP contribution in [0.25, 0.3) is 6.08 Å². The van der Waals surface area contributed by atoms with Crippen LogP contribution < -0.4 is 0 Å². The quantitative estimate of drug-likeness (QED) is 0.558. The molecule has 0 aliphatic heterocycles. The van der Waals surface area contributed by atoms with Gasteiger partial charge in [-0.1, -0.05) is 97.1 Å². The van der Waals surface area contributed by atoms with Crippen LogP contribution in [0.4, 0.5) is 0 Å². The Labute approximate surface area is 171 Å². The number of hydrogen-bond acceptors (Lipinski definition) is 1. The van der Waals surface area contributed by atoms with Gasteiger partial charge in [0.25, 0.3) is 0 Å². The normalized spacial score (nSPS) is 16.5. The fourth-order valence-corrected chi connectivity index (χ4v) is 4.80. The number of hydrogen-bond donors (Lipinski definition) is 0. The minimum atomic E-state index is -0.288. The van der Waals surface area contributed by atoms with Crippen molar-refractivity contribution in [2.24, 2.45) is 0 Å². The first-order valence-electron chi connectivity index (χ1n) is 10.1. The van der Waals surface area contributed by atoms with Gasteiger partial charge >= 0.3 is 0 Å². The Kier molecular flexibility index (Phi) is 4.37. The molecule has 0 radical (unpaired) electrons. The fraction of sp³-hybridized carbons (Fsp3) is 0.107. The highest BCUT2D eigenvalue weighted by atomic mass is 16.1. The lowest BCUT2D eigenvalue weighted by Crippen LogP contribution is -2.39. The lowest BCUT2D eigenvalue weighted by molar-refractivity contribution is -0.111. The molecule has 0 aromatic heterocycles. The van der Waals surface area contributed by atoms with Crippen molar-refractivity contribution >= 4 is 11.9 Å². The Morgan fingerprint density at radius 1 is 0.690 bits per heavy atom. The lowest BCUT2D eigenvalue weighted by Gasteiger charge is -2.42. The summed E-state index contributed by atoms with van der Waals surface area (Å²) in [5.41, 5.74) is 6.68. The van der Waals surface area contributed by atoms with Crippen LogP contribution in [0, 0.1) is 0 Å². The number of carbonyl (C=O) groups is 1. The molecule has 29 heavy (non-hydrogen) atoms. The fourth-order valence-electron chi connectivity index (χ4n) is 4.80. The maximum atomic E-state index is 12.8. The number of benzene rings is 3. The van der Waals surface area contributed by atoms with E-state index in [9.17, 15) is 4.79 Å². The smallest absolute Gasteiger partial charge is 0.186 e. The summed E-state index contributed by atoms with van der Waals surface area (Å²) in [5, 5.41) is 0. The summed E-state index contributed by atoms with van der Waals surface area (Å²) in [7, 11) is 0. The SMILES string of the molecule is O=C1C=CC=C2C1=Cc1ccccc1C2(Cc1ccccc1)Cc1ccccc1. The van der Waals surface area contributed by atoms with Crippen LogP contribution in [-0.4, -0.2) is 5.78 Å². The van der Waals surface area contributed by atoms with Crippen molar-refractivity contribution in [1.29, 1.82) is 0 Å². The van der Waals surface area contributed by atoms with Crippen molar-refractivity contribution < 1.29 is 4.79 Å². The van der Waals surface area contributed by atoms with Gasteiger partial charge in [0.05, 0.1) is 0 Å². The maximum absolute atomic E-state index is 12.8. The number of allylic oxidation sites excluding steroid dienone is 5. The zero-order valence-electron chi connectivity index (χ0n) is 16.2. The molecule has 0 unspecified atom stereocenters. The first kappa shape index (κ1) is 17.6. The Balaban J connectivity index is 1.77. The molecule has 0 amide bonds. The highest BCUT2D eigenvalue weighted by Crippen LogP contribution is 2.48. The summed E-state index contributed by atoms with van der Waals surface area (Å²) >= 11 is 0. The Bertz CT molecular complexity index is 1110. The number of carbonyl (C=O) groups excluding carboxylic acids is 1. The van der Waals surface area contributed by atoms with Crippen molar-refractivity contribution in [3.8, 4) is 0 Å². The van der Waals surface area contributed by atoms with Gasteiger partial charge < -0.3 is 0 Å². The molecule has 2 aliphatic rings. The van der Waals surface area contributed by atoms with E-state index in [2.05, 4.69) is 97.1 Å². The van der Waals surface area contributed by atoms with Crippen molar-refractivity contribution in [2.45, 2.75) is 18.3 Å².